The van der Waals surface area contributed by atoms with Gasteiger partial charge in [-0.3, -0.25) is 4.79 Å². The number of nitrogens with zero attached hydrogens (tertiary/aromatic N) is 1. The van der Waals surface area contributed by atoms with Crippen molar-refractivity contribution >= 4 is 15.9 Å². The van der Waals surface area contributed by atoms with Crippen molar-refractivity contribution in [3.05, 3.63) is 17.4 Å². The van der Waals surface area contributed by atoms with Gasteiger partial charge in [-0.05, 0) is 44.4 Å². The average molecular weight is 369 g/mol. The Bertz CT molecular complexity index is 742. The highest BCUT2D eigenvalue weighted by molar-refractivity contribution is 7.88. The normalized spacial score (nSPS) is 29.6. The van der Waals surface area contributed by atoms with Gasteiger partial charge in [0.2, 0.25) is 5.09 Å². The quantitative estimate of drug-likeness (QED) is 0.836. The number of hydrogen-bond donors (Lipinski definition) is 2. The number of aryl methyl sites for hydroxylation is 1. The molecule has 1 amide bonds. The van der Waals surface area contributed by atoms with Crippen LogP contribution in [0.3, 0.4) is 0 Å². The molecule has 2 atom stereocenters. The summed E-state index contributed by atoms with van der Waals surface area (Å²) in [7, 11) is -0.837. The number of hydrogen-bond acceptors (Lipinski definition) is 5. The molecule has 0 aliphatic heterocycles. The third-order valence-electron chi connectivity index (χ3n) is 5.55. The van der Waals surface area contributed by atoms with Gasteiger partial charge < -0.3 is 15.5 Å². The molecule has 3 rings (SSSR count). The molecule has 7 nitrogen and oxygen atoms in total. The molecule has 0 radical (unpaired) electrons. The number of carbonyl (C=O) groups excluding carboxylic acids is 1. The first-order valence-corrected chi connectivity index (χ1v) is 10.2. The van der Waals surface area contributed by atoms with E-state index in [-0.39, 0.29) is 28.6 Å². The molecule has 2 bridgehead atoms. The minimum Gasteiger partial charge on any atom is -0.448 e. The van der Waals surface area contributed by atoms with E-state index in [9.17, 15) is 13.2 Å². The first-order chi connectivity index (χ1) is 11.7. The smallest absolute Gasteiger partial charge is 0.275 e. The van der Waals surface area contributed by atoms with Gasteiger partial charge in [0, 0.05) is 32.2 Å². The van der Waals surface area contributed by atoms with Crippen LogP contribution in [-0.4, -0.2) is 44.8 Å². The first kappa shape index (κ1) is 18.4. The highest BCUT2D eigenvalue weighted by Crippen LogP contribution is 2.39. The summed E-state index contributed by atoms with van der Waals surface area (Å²) in [5.74, 6) is 0.863. The Balaban J connectivity index is 1.79. The largest absolute Gasteiger partial charge is 0.448 e. The van der Waals surface area contributed by atoms with Gasteiger partial charge >= 0.3 is 0 Å². The summed E-state index contributed by atoms with van der Waals surface area (Å²) in [5.41, 5.74) is 6.42. The van der Waals surface area contributed by atoms with Gasteiger partial charge in [-0.1, -0.05) is 6.42 Å². The third kappa shape index (κ3) is 3.47. The number of furan rings is 1. The fraction of sp³-hybridized carbons (Fsp3) is 0.706. The minimum absolute atomic E-state index is 0.115. The molecule has 25 heavy (non-hydrogen) atoms. The molecule has 8 heteroatoms. The lowest BCUT2D eigenvalue weighted by Gasteiger charge is -2.45. The van der Waals surface area contributed by atoms with Crippen LogP contribution >= 0.6 is 0 Å². The molecule has 2 saturated carbocycles. The maximum atomic E-state index is 12.7. The predicted molar refractivity (Wildman–Crippen MR) is 93.6 cm³/mol. The Morgan fingerprint density at radius 3 is 2.44 bits per heavy atom. The van der Waals surface area contributed by atoms with Gasteiger partial charge in [0.1, 0.15) is 5.76 Å². The Morgan fingerprint density at radius 1 is 1.28 bits per heavy atom. The van der Waals surface area contributed by atoms with Crippen molar-refractivity contribution in [1.29, 1.82) is 0 Å². The maximum Gasteiger partial charge on any atom is 0.275 e. The SMILES string of the molecule is Cc1oc(S(=O)(=O)N(C)C)cc1C(=O)NC1C2CCCC1CC(N)C2. The summed E-state index contributed by atoms with van der Waals surface area (Å²) in [6.07, 6.45) is 5.22. The molecule has 1 aromatic rings. The maximum absolute atomic E-state index is 12.7. The molecular weight excluding hydrogens is 342 g/mol. The number of rotatable bonds is 4. The van der Waals surface area contributed by atoms with Crippen molar-refractivity contribution in [2.45, 2.75) is 56.2 Å². The Morgan fingerprint density at radius 2 is 1.88 bits per heavy atom. The van der Waals surface area contributed by atoms with Crippen molar-refractivity contribution in [3.8, 4) is 0 Å². The van der Waals surface area contributed by atoms with E-state index >= 15 is 0 Å². The summed E-state index contributed by atoms with van der Waals surface area (Å²) in [5, 5.41) is 2.93. The van der Waals surface area contributed by atoms with E-state index in [0.717, 1.165) is 30.0 Å². The van der Waals surface area contributed by atoms with Crippen LogP contribution in [0.2, 0.25) is 0 Å². The molecule has 0 aromatic carbocycles. The summed E-state index contributed by atoms with van der Waals surface area (Å²) >= 11 is 0. The zero-order valence-electron chi connectivity index (χ0n) is 15.0. The molecule has 0 saturated heterocycles. The number of carbonyl (C=O) groups is 1. The van der Waals surface area contributed by atoms with E-state index in [1.165, 1.54) is 26.6 Å². The molecule has 1 heterocycles. The van der Waals surface area contributed by atoms with Crippen molar-refractivity contribution < 1.29 is 17.6 Å². The van der Waals surface area contributed by atoms with E-state index in [4.69, 9.17) is 10.2 Å². The van der Waals surface area contributed by atoms with Gasteiger partial charge in [-0.15, -0.1) is 0 Å². The van der Waals surface area contributed by atoms with Gasteiger partial charge in [0.15, 0.2) is 0 Å². The Kier molecular flexibility index (Phi) is 4.96. The number of nitrogens with two attached hydrogens (primary N) is 1. The molecule has 140 valence electrons. The van der Waals surface area contributed by atoms with Crippen LogP contribution in [-0.2, 0) is 10.0 Å². The molecule has 2 aliphatic carbocycles. The lowest BCUT2D eigenvalue weighted by molar-refractivity contribution is 0.0754. The van der Waals surface area contributed by atoms with E-state index in [1.807, 2.05) is 0 Å². The number of nitrogens with one attached hydrogen (secondary N) is 1. The second kappa shape index (κ2) is 6.74. The van der Waals surface area contributed by atoms with E-state index in [1.54, 1.807) is 6.92 Å². The van der Waals surface area contributed by atoms with E-state index < -0.39 is 10.0 Å². The van der Waals surface area contributed by atoms with Crippen LogP contribution in [0.25, 0.3) is 0 Å². The molecule has 2 fully saturated rings. The summed E-state index contributed by atoms with van der Waals surface area (Å²) in [6, 6.07) is 1.66. The summed E-state index contributed by atoms with van der Waals surface area (Å²) < 4.78 is 30.8. The standard InChI is InChI=1S/C17H27N3O4S/c1-10-14(9-15(24-10)25(22,23)20(2)3)17(21)19-16-11-5-4-6-12(16)8-13(18)7-11/h9,11-13,16H,4-8,18H2,1-3H3,(H,19,21). The van der Waals surface area contributed by atoms with Crippen LogP contribution < -0.4 is 11.1 Å². The Hall–Kier alpha value is -1.38. The van der Waals surface area contributed by atoms with Gasteiger partial charge in [-0.25, -0.2) is 12.7 Å². The minimum atomic E-state index is -3.70. The second-order valence-electron chi connectivity index (χ2n) is 7.50. The van der Waals surface area contributed by atoms with E-state index in [2.05, 4.69) is 5.32 Å². The number of sulfonamides is 1. The van der Waals surface area contributed by atoms with Crippen LogP contribution in [0, 0.1) is 18.8 Å². The zero-order valence-corrected chi connectivity index (χ0v) is 15.8. The highest BCUT2D eigenvalue weighted by Gasteiger charge is 2.40. The average Bonchev–Trinajstić information content (AvgIpc) is 2.90. The van der Waals surface area contributed by atoms with Gasteiger partial charge in [0.05, 0.1) is 5.56 Å². The fourth-order valence-electron chi connectivity index (χ4n) is 4.24. The van der Waals surface area contributed by atoms with Crippen LogP contribution in [0.1, 0.15) is 48.2 Å². The lowest BCUT2D eigenvalue weighted by atomic mass is 9.67. The number of amides is 1. The van der Waals surface area contributed by atoms with Gasteiger partial charge in [0.25, 0.3) is 15.9 Å². The summed E-state index contributed by atoms with van der Waals surface area (Å²) in [6.45, 7) is 1.61. The van der Waals surface area contributed by atoms with Crippen LogP contribution in [0.15, 0.2) is 15.6 Å². The van der Waals surface area contributed by atoms with Crippen molar-refractivity contribution in [2.75, 3.05) is 14.1 Å². The predicted octanol–water partition coefficient (Wildman–Crippen LogP) is 1.47. The topological polar surface area (TPSA) is 106 Å². The van der Waals surface area contributed by atoms with Crippen molar-refractivity contribution in [1.82, 2.24) is 9.62 Å². The zero-order chi connectivity index (χ0) is 18.4. The monoisotopic (exact) mass is 369 g/mol. The van der Waals surface area contributed by atoms with Crippen molar-refractivity contribution in [3.63, 3.8) is 0 Å². The molecule has 2 unspecified atom stereocenters. The fourth-order valence-corrected chi connectivity index (χ4v) is 5.10. The Labute approximate surface area is 149 Å². The van der Waals surface area contributed by atoms with Crippen molar-refractivity contribution in [2.24, 2.45) is 17.6 Å². The lowest BCUT2D eigenvalue weighted by Crippen LogP contribution is -2.53. The molecule has 0 spiro atoms. The van der Waals surface area contributed by atoms with Gasteiger partial charge in [-0.2, -0.15) is 0 Å². The molecule has 3 N–H and O–H groups in total. The third-order valence-corrected chi connectivity index (χ3v) is 7.22. The second-order valence-corrected chi connectivity index (χ2v) is 9.59. The van der Waals surface area contributed by atoms with Crippen LogP contribution in [0.4, 0.5) is 0 Å². The van der Waals surface area contributed by atoms with Crippen LogP contribution in [0.5, 0.6) is 0 Å². The molecule has 1 aromatic heterocycles. The molecular formula is C17H27N3O4S. The highest BCUT2D eigenvalue weighted by atomic mass is 32.2. The first-order valence-electron chi connectivity index (χ1n) is 8.79. The summed E-state index contributed by atoms with van der Waals surface area (Å²) in [4.78, 5) is 12.7. The molecule has 2 aliphatic rings. The number of fused-ring (bicyclic) bond motifs is 2. The van der Waals surface area contributed by atoms with E-state index in [0.29, 0.717) is 17.6 Å².